The SMILES string of the molecule is CC1CC(C)(C)CC(CO)(NCC(O)COC(C)(C)C)C1. The molecule has 126 valence electrons. The molecule has 3 atom stereocenters. The van der Waals surface area contributed by atoms with Gasteiger partial charge in [0.25, 0.3) is 0 Å². The normalized spacial score (nSPS) is 31.1. The standard InChI is InChI=1S/C17H35NO3/c1-13-7-16(5,6)11-17(8-13,12-19)18-9-14(20)10-21-15(2,3)4/h13-14,18-20H,7-12H2,1-6H3. The molecule has 1 saturated carbocycles. The van der Waals surface area contributed by atoms with Gasteiger partial charge in [0.2, 0.25) is 0 Å². The Labute approximate surface area is 130 Å². The van der Waals surface area contributed by atoms with Crippen LogP contribution in [0.3, 0.4) is 0 Å². The molecule has 1 fully saturated rings. The van der Waals surface area contributed by atoms with Crippen LogP contribution in [0.15, 0.2) is 0 Å². The average molecular weight is 301 g/mol. The van der Waals surface area contributed by atoms with Gasteiger partial charge < -0.3 is 20.3 Å². The average Bonchev–Trinajstić information content (AvgIpc) is 2.30. The van der Waals surface area contributed by atoms with Crippen LogP contribution in [0.2, 0.25) is 0 Å². The first-order valence-corrected chi connectivity index (χ1v) is 8.15. The Morgan fingerprint density at radius 2 is 1.90 bits per heavy atom. The van der Waals surface area contributed by atoms with E-state index in [1.807, 2.05) is 20.8 Å². The summed E-state index contributed by atoms with van der Waals surface area (Å²) < 4.78 is 5.61. The highest BCUT2D eigenvalue weighted by molar-refractivity contribution is 4.99. The predicted octanol–water partition coefficient (Wildman–Crippen LogP) is 2.33. The maximum absolute atomic E-state index is 10.1. The summed E-state index contributed by atoms with van der Waals surface area (Å²) >= 11 is 0. The molecule has 0 bridgehead atoms. The fraction of sp³-hybridized carbons (Fsp3) is 1.00. The van der Waals surface area contributed by atoms with Crippen molar-refractivity contribution >= 4 is 0 Å². The second-order valence-electron chi connectivity index (χ2n) is 8.75. The third kappa shape index (κ3) is 6.64. The highest BCUT2D eigenvalue weighted by Crippen LogP contribution is 2.43. The largest absolute Gasteiger partial charge is 0.394 e. The van der Waals surface area contributed by atoms with Crippen LogP contribution in [0.4, 0.5) is 0 Å². The molecule has 1 rings (SSSR count). The van der Waals surface area contributed by atoms with Gasteiger partial charge in [-0.05, 0) is 51.4 Å². The van der Waals surface area contributed by atoms with E-state index in [1.165, 1.54) is 6.42 Å². The zero-order valence-electron chi connectivity index (χ0n) is 14.7. The first-order chi connectivity index (χ1) is 9.47. The van der Waals surface area contributed by atoms with Gasteiger partial charge in [-0.3, -0.25) is 0 Å². The first kappa shape index (κ1) is 18.9. The Morgan fingerprint density at radius 1 is 1.29 bits per heavy atom. The van der Waals surface area contributed by atoms with Crippen molar-refractivity contribution < 1.29 is 14.9 Å². The van der Waals surface area contributed by atoms with E-state index in [0.29, 0.717) is 19.1 Å². The van der Waals surface area contributed by atoms with Gasteiger partial charge in [-0.25, -0.2) is 0 Å². The van der Waals surface area contributed by atoms with Crippen LogP contribution in [0, 0.1) is 11.3 Å². The predicted molar refractivity (Wildman–Crippen MR) is 86.3 cm³/mol. The van der Waals surface area contributed by atoms with Crippen LogP contribution in [0.1, 0.15) is 60.8 Å². The molecule has 0 saturated heterocycles. The van der Waals surface area contributed by atoms with Crippen molar-refractivity contribution in [1.82, 2.24) is 5.32 Å². The summed E-state index contributed by atoms with van der Waals surface area (Å²) in [7, 11) is 0. The lowest BCUT2D eigenvalue weighted by Crippen LogP contribution is -2.57. The molecular formula is C17H35NO3. The van der Waals surface area contributed by atoms with E-state index in [-0.39, 0.29) is 23.2 Å². The van der Waals surface area contributed by atoms with Gasteiger partial charge in [-0.15, -0.1) is 0 Å². The molecular weight excluding hydrogens is 266 g/mol. The smallest absolute Gasteiger partial charge is 0.0898 e. The van der Waals surface area contributed by atoms with Gasteiger partial charge in [-0.1, -0.05) is 20.8 Å². The lowest BCUT2D eigenvalue weighted by molar-refractivity contribution is -0.0530. The van der Waals surface area contributed by atoms with E-state index in [1.54, 1.807) is 0 Å². The molecule has 1 aliphatic carbocycles. The summed E-state index contributed by atoms with van der Waals surface area (Å²) in [5.41, 5.74) is -0.291. The molecule has 0 amide bonds. The van der Waals surface area contributed by atoms with Gasteiger partial charge >= 0.3 is 0 Å². The fourth-order valence-electron chi connectivity index (χ4n) is 3.79. The van der Waals surface area contributed by atoms with Gasteiger partial charge in [0.15, 0.2) is 0 Å². The maximum Gasteiger partial charge on any atom is 0.0898 e. The van der Waals surface area contributed by atoms with E-state index in [9.17, 15) is 10.2 Å². The van der Waals surface area contributed by atoms with Crippen LogP contribution in [-0.2, 0) is 4.74 Å². The van der Waals surface area contributed by atoms with Crippen LogP contribution in [0.5, 0.6) is 0 Å². The van der Waals surface area contributed by atoms with Gasteiger partial charge in [-0.2, -0.15) is 0 Å². The van der Waals surface area contributed by atoms with E-state index in [2.05, 4.69) is 26.1 Å². The van der Waals surface area contributed by atoms with Crippen LogP contribution in [0.25, 0.3) is 0 Å². The van der Waals surface area contributed by atoms with Gasteiger partial charge in [0.05, 0.1) is 24.9 Å². The lowest BCUT2D eigenvalue weighted by Gasteiger charge is -2.47. The number of hydrogen-bond acceptors (Lipinski definition) is 4. The topological polar surface area (TPSA) is 61.7 Å². The van der Waals surface area contributed by atoms with Crippen LogP contribution < -0.4 is 5.32 Å². The zero-order valence-corrected chi connectivity index (χ0v) is 14.7. The lowest BCUT2D eigenvalue weighted by atomic mass is 9.64. The minimum atomic E-state index is -0.548. The molecule has 21 heavy (non-hydrogen) atoms. The van der Waals surface area contributed by atoms with Crippen molar-refractivity contribution in [1.29, 1.82) is 0 Å². The number of β-amino-alcohol motifs (C(OH)–C–C–N with tert-alkyl or cyclic N) is 1. The van der Waals surface area contributed by atoms with E-state index < -0.39 is 6.10 Å². The number of aliphatic hydroxyl groups excluding tert-OH is 2. The molecule has 4 heteroatoms. The molecule has 0 heterocycles. The molecule has 0 aliphatic heterocycles. The van der Waals surface area contributed by atoms with E-state index in [0.717, 1.165) is 12.8 Å². The Balaban J connectivity index is 2.53. The molecule has 0 aromatic carbocycles. The quantitative estimate of drug-likeness (QED) is 0.704. The molecule has 0 radical (unpaired) electrons. The van der Waals surface area contributed by atoms with Crippen molar-refractivity contribution in [2.75, 3.05) is 19.8 Å². The summed E-state index contributed by atoms with van der Waals surface area (Å²) in [5.74, 6) is 0.580. The highest BCUT2D eigenvalue weighted by Gasteiger charge is 2.42. The number of hydrogen-bond donors (Lipinski definition) is 3. The molecule has 0 spiro atoms. The van der Waals surface area contributed by atoms with Crippen molar-refractivity contribution in [2.45, 2.75) is 78.0 Å². The molecule has 0 aromatic heterocycles. The second kappa shape index (κ2) is 6.95. The van der Waals surface area contributed by atoms with E-state index in [4.69, 9.17) is 4.74 Å². The minimum Gasteiger partial charge on any atom is -0.394 e. The Kier molecular flexibility index (Phi) is 6.25. The molecule has 4 nitrogen and oxygen atoms in total. The second-order valence-corrected chi connectivity index (χ2v) is 8.75. The highest BCUT2D eigenvalue weighted by atomic mass is 16.5. The fourth-order valence-corrected chi connectivity index (χ4v) is 3.79. The van der Waals surface area contributed by atoms with Crippen LogP contribution in [-0.4, -0.2) is 47.2 Å². The minimum absolute atomic E-state index is 0.119. The summed E-state index contributed by atoms with van der Waals surface area (Å²) in [4.78, 5) is 0. The third-order valence-electron chi connectivity index (χ3n) is 4.18. The van der Waals surface area contributed by atoms with Crippen molar-refractivity contribution in [3.8, 4) is 0 Å². The van der Waals surface area contributed by atoms with Crippen LogP contribution >= 0.6 is 0 Å². The summed E-state index contributed by atoms with van der Waals surface area (Å²) in [5, 5.41) is 23.4. The Morgan fingerprint density at radius 3 is 2.38 bits per heavy atom. The number of aliphatic hydroxyl groups is 2. The number of rotatable bonds is 6. The first-order valence-electron chi connectivity index (χ1n) is 8.15. The van der Waals surface area contributed by atoms with E-state index >= 15 is 0 Å². The monoisotopic (exact) mass is 301 g/mol. The molecule has 0 aromatic rings. The Hall–Kier alpha value is -0.160. The summed E-state index contributed by atoms with van der Waals surface area (Å²) in [6.07, 6.45) is 2.53. The van der Waals surface area contributed by atoms with Gasteiger partial charge in [0.1, 0.15) is 0 Å². The Bertz CT molecular complexity index is 324. The van der Waals surface area contributed by atoms with Crippen molar-refractivity contribution in [3.63, 3.8) is 0 Å². The molecule has 3 N–H and O–H groups in total. The summed E-state index contributed by atoms with van der Waals surface area (Å²) in [6.45, 7) is 13.6. The number of ether oxygens (including phenoxy) is 1. The van der Waals surface area contributed by atoms with Crippen molar-refractivity contribution in [2.24, 2.45) is 11.3 Å². The maximum atomic E-state index is 10.1. The van der Waals surface area contributed by atoms with Crippen molar-refractivity contribution in [3.05, 3.63) is 0 Å². The molecule has 3 unspecified atom stereocenters. The number of nitrogens with one attached hydrogen (secondary N) is 1. The zero-order chi connectivity index (χ0) is 16.3. The molecule has 1 aliphatic rings. The summed E-state index contributed by atoms with van der Waals surface area (Å²) in [6, 6.07) is 0. The van der Waals surface area contributed by atoms with Gasteiger partial charge in [0, 0.05) is 12.1 Å². The third-order valence-corrected chi connectivity index (χ3v) is 4.18.